The molecule has 1 saturated carbocycles. The van der Waals surface area contributed by atoms with E-state index >= 15 is 0 Å². The van der Waals surface area contributed by atoms with E-state index in [1.165, 1.54) is 38.5 Å². The molecule has 65 heavy (non-hydrogen) atoms. The Kier molecular flexibility index (Phi) is 37.8. The summed E-state index contributed by atoms with van der Waals surface area (Å²) in [6, 6.07) is 0. The van der Waals surface area contributed by atoms with E-state index in [0.717, 1.165) is 116 Å². The Bertz CT molecular complexity index is 1370. The van der Waals surface area contributed by atoms with Crippen molar-refractivity contribution in [1.29, 1.82) is 0 Å². The minimum Gasteiger partial charge on any atom is -0.462 e. The Balaban J connectivity index is 2.44. The lowest BCUT2D eigenvalue weighted by molar-refractivity contribution is -0.220. The van der Waals surface area contributed by atoms with E-state index in [2.05, 4.69) is 74.6 Å². The van der Waals surface area contributed by atoms with Gasteiger partial charge in [-0.2, -0.15) is 0 Å². The average molecular weight is 941 g/mol. The molecule has 0 bridgehead atoms. The van der Waals surface area contributed by atoms with Gasteiger partial charge < -0.3 is 39.9 Å². The van der Waals surface area contributed by atoms with Gasteiger partial charge in [-0.25, -0.2) is 4.57 Å². The van der Waals surface area contributed by atoms with Crippen LogP contribution in [0.5, 0.6) is 0 Å². The van der Waals surface area contributed by atoms with Gasteiger partial charge in [0.1, 0.15) is 43.2 Å². The van der Waals surface area contributed by atoms with Crippen LogP contribution in [0.2, 0.25) is 0 Å². The largest absolute Gasteiger partial charge is 0.472 e. The Morgan fingerprint density at radius 1 is 0.477 bits per heavy atom. The predicted octanol–water partition coefficient (Wildman–Crippen LogP) is 10.5. The smallest absolute Gasteiger partial charge is 0.462 e. The molecule has 1 aliphatic rings. The van der Waals surface area contributed by atoms with E-state index < -0.39 is 75.7 Å². The molecule has 0 spiro atoms. The van der Waals surface area contributed by atoms with Crippen molar-refractivity contribution in [2.45, 2.75) is 236 Å². The predicted molar refractivity (Wildman–Crippen MR) is 258 cm³/mol. The zero-order valence-corrected chi connectivity index (χ0v) is 40.9. The van der Waals surface area contributed by atoms with Gasteiger partial charge >= 0.3 is 19.8 Å². The number of carbonyl (C=O) groups excluding carboxylic acids is 2. The molecule has 0 heterocycles. The molecular weight excluding hydrogens is 852 g/mol. The maximum absolute atomic E-state index is 12.8. The first-order chi connectivity index (χ1) is 31.4. The summed E-state index contributed by atoms with van der Waals surface area (Å²) in [5, 5.41) is 50.2. The lowest BCUT2D eigenvalue weighted by atomic mass is 9.85. The zero-order valence-electron chi connectivity index (χ0n) is 40.0. The second-order valence-electron chi connectivity index (χ2n) is 17.3. The quantitative estimate of drug-likeness (QED) is 0.0146. The van der Waals surface area contributed by atoms with E-state index in [0.29, 0.717) is 12.8 Å². The normalized spacial score (nSPS) is 21.9. The van der Waals surface area contributed by atoms with Gasteiger partial charge in [0.15, 0.2) is 6.10 Å². The Hall–Kier alpha value is -2.45. The molecule has 14 heteroatoms. The first kappa shape index (κ1) is 60.6. The molecule has 1 rings (SSSR count). The third kappa shape index (κ3) is 32.8. The van der Waals surface area contributed by atoms with Crippen LogP contribution in [0.1, 0.15) is 194 Å². The number of carbonyl (C=O) groups is 2. The molecule has 6 N–H and O–H groups in total. The van der Waals surface area contributed by atoms with Crippen LogP contribution in [0.3, 0.4) is 0 Å². The third-order valence-electron chi connectivity index (χ3n) is 11.3. The Labute approximate surface area is 392 Å². The first-order valence-electron chi connectivity index (χ1n) is 25.1. The molecule has 0 radical (unpaired) electrons. The molecule has 6 atom stereocenters. The number of hydrogen-bond donors (Lipinski definition) is 6. The maximum atomic E-state index is 12.8. The van der Waals surface area contributed by atoms with E-state index in [1.807, 2.05) is 0 Å². The highest BCUT2D eigenvalue weighted by Crippen LogP contribution is 2.47. The topological polar surface area (TPSA) is 210 Å². The van der Waals surface area contributed by atoms with Crippen LogP contribution in [0, 0.1) is 0 Å². The lowest BCUT2D eigenvalue weighted by Gasteiger charge is -2.41. The average Bonchev–Trinajstić information content (AvgIpc) is 3.29. The fourth-order valence-electron chi connectivity index (χ4n) is 7.26. The molecular formula is C51H89O13P. The van der Waals surface area contributed by atoms with Gasteiger partial charge in [-0.15, -0.1) is 0 Å². The van der Waals surface area contributed by atoms with Crippen LogP contribution in [0.15, 0.2) is 60.8 Å². The fraction of sp³-hybridized carbons (Fsp3) is 0.765. The van der Waals surface area contributed by atoms with Gasteiger partial charge in [0.2, 0.25) is 0 Å². The number of hydrogen-bond acceptors (Lipinski definition) is 12. The number of phosphoric acid groups is 1. The molecule has 1 fully saturated rings. The van der Waals surface area contributed by atoms with Crippen molar-refractivity contribution in [3.05, 3.63) is 60.8 Å². The monoisotopic (exact) mass is 941 g/mol. The molecule has 6 unspecified atom stereocenters. The Morgan fingerprint density at radius 3 is 1.26 bits per heavy atom. The second-order valence-corrected chi connectivity index (χ2v) is 18.7. The van der Waals surface area contributed by atoms with E-state index in [9.17, 15) is 44.6 Å². The molecule has 0 aromatic rings. The van der Waals surface area contributed by atoms with Crippen LogP contribution < -0.4 is 0 Å². The van der Waals surface area contributed by atoms with Crippen LogP contribution >= 0.6 is 7.82 Å². The van der Waals surface area contributed by atoms with Crippen LogP contribution in [-0.4, -0.2) is 98.3 Å². The summed E-state index contributed by atoms with van der Waals surface area (Å²) in [5.74, 6) is -1.12. The van der Waals surface area contributed by atoms with Gasteiger partial charge in [-0.3, -0.25) is 18.6 Å². The summed E-state index contributed by atoms with van der Waals surface area (Å²) in [6.07, 6.45) is 36.8. The third-order valence-corrected chi connectivity index (χ3v) is 12.3. The Morgan fingerprint density at radius 2 is 0.831 bits per heavy atom. The van der Waals surface area contributed by atoms with Gasteiger partial charge in [0.25, 0.3) is 0 Å². The number of esters is 2. The van der Waals surface area contributed by atoms with Crippen LogP contribution in [-0.2, 0) is 32.7 Å². The summed E-state index contributed by atoms with van der Waals surface area (Å²) in [4.78, 5) is 35.8. The number of unbranched alkanes of at least 4 members (excludes halogenated alkanes) is 19. The van der Waals surface area contributed by atoms with Crippen LogP contribution in [0.4, 0.5) is 0 Å². The van der Waals surface area contributed by atoms with Crippen LogP contribution in [0.25, 0.3) is 0 Å². The number of phosphoric ester groups is 1. The summed E-state index contributed by atoms with van der Waals surface area (Å²) >= 11 is 0. The van der Waals surface area contributed by atoms with Gasteiger partial charge in [-0.05, 0) is 83.5 Å². The molecule has 0 aromatic heterocycles. The van der Waals surface area contributed by atoms with E-state index in [4.69, 9.17) is 18.5 Å². The molecule has 376 valence electrons. The van der Waals surface area contributed by atoms with Crippen molar-refractivity contribution in [1.82, 2.24) is 0 Å². The highest BCUT2D eigenvalue weighted by molar-refractivity contribution is 7.47. The number of allylic oxidation sites excluding steroid dienone is 10. The van der Waals surface area contributed by atoms with E-state index in [1.54, 1.807) is 0 Å². The lowest BCUT2D eigenvalue weighted by Crippen LogP contribution is -2.64. The number of ether oxygens (including phenoxy) is 2. The summed E-state index contributed by atoms with van der Waals surface area (Å²) in [7, 11) is -5.13. The summed E-state index contributed by atoms with van der Waals surface area (Å²) in [5.41, 5.74) is 0. The SMILES string of the molecule is CCCCC/C=C\C/C=C\C/C=C\CCCCCCCCC(=O)OC(COC(=O)CCCCCCCCC/C=C\C/C=C\CCCCC)COP(=O)(O)OC1C(O)C(O)C(O)C(O)C1O. The van der Waals surface area contributed by atoms with Gasteiger partial charge in [0.05, 0.1) is 6.61 Å². The molecule has 0 saturated heterocycles. The minimum absolute atomic E-state index is 0.0781. The van der Waals surface area contributed by atoms with E-state index in [-0.39, 0.29) is 12.8 Å². The zero-order chi connectivity index (χ0) is 47.8. The first-order valence-corrected chi connectivity index (χ1v) is 26.6. The van der Waals surface area contributed by atoms with Crippen molar-refractivity contribution < 1.29 is 63.1 Å². The molecule has 0 aliphatic heterocycles. The number of aliphatic hydroxyl groups is 5. The standard InChI is InChI=1S/C51H89O13P/c1-3-5-7-9-11-13-15-17-19-21-22-24-26-28-30-32-34-36-38-40-45(53)63-43(42-62-65(59,60)64-51-49(57)47(55)46(54)48(56)50(51)58)41-61-44(52)39-37-35-33-31-29-27-25-23-20-18-16-14-12-10-8-6-4-2/h11-14,17-20,22,24,43,46-51,54-58H,3-10,15-16,21,23,25-42H2,1-2H3,(H,59,60)/b13-11-,14-12-,19-17-,20-18-,24-22-. The van der Waals surface area contributed by atoms with Crippen molar-refractivity contribution in [3.63, 3.8) is 0 Å². The highest BCUT2D eigenvalue weighted by Gasteiger charge is 2.51. The van der Waals surface area contributed by atoms with Gasteiger partial charge in [0, 0.05) is 12.8 Å². The molecule has 1 aliphatic carbocycles. The molecule has 0 aromatic carbocycles. The molecule has 0 amide bonds. The summed E-state index contributed by atoms with van der Waals surface area (Å²) < 4.78 is 33.6. The van der Waals surface area contributed by atoms with Crippen molar-refractivity contribution in [2.75, 3.05) is 13.2 Å². The maximum Gasteiger partial charge on any atom is 0.472 e. The van der Waals surface area contributed by atoms with Crippen molar-refractivity contribution >= 4 is 19.8 Å². The minimum atomic E-state index is -5.13. The number of rotatable bonds is 41. The number of aliphatic hydroxyl groups excluding tert-OH is 5. The molecule has 13 nitrogen and oxygen atoms in total. The fourth-order valence-corrected chi connectivity index (χ4v) is 8.24. The second kappa shape index (κ2) is 40.6. The van der Waals surface area contributed by atoms with Crippen molar-refractivity contribution in [3.8, 4) is 0 Å². The van der Waals surface area contributed by atoms with Gasteiger partial charge in [-0.1, -0.05) is 158 Å². The van der Waals surface area contributed by atoms with Crippen molar-refractivity contribution in [2.24, 2.45) is 0 Å². The summed E-state index contributed by atoms with van der Waals surface area (Å²) in [6.45, 7) is 3.24. The highest BCUT2D eigenvalue weighted by atomic mass is 31.2.